The molecular weight excluding hydrogens is 289 g/mol. The van der Waals surface area contributed by atoms with Crippen LogP contribution in [0.5, 0.6) is 0 Å². The van der Waals surface area contributed by atoms with Crippen molar-refractivity contribution in [2.75, 3.05) is 11.9 Å². The molecule has 0 spiro atoms. The third-order valence-electron chi connectivity index (χ3n) is 2.96. The fourth-order valence-electron chi connectivity index (χ4n) is 2.04. The predicted octanol–water partition coefficient (Wildman–Crippen LogP) is 4.71. The molecule has 112 valence electrons. The van der Waals surface area contributed by atoms with Crippen molar-refractivity contribution < 1.29 is 4.39 Å². The van der Waals surface area contributed by atoms with Gasteiger partial charge in [0.1, 0.15) is 11.6 Å². The Balaban J connectivity index is 2.42. The SMILES string of the molecule is CCCNc1cc(CCC)nc(-c2cc(F)cc(Cl)c2)n1. The van der Waals surface area contributed by atoms with Crippen molar-refractivity contribution in [3.8, 4) is 11.4 Å². The molecule has 1 N–H and O–H groups in total. The zero-order valence-corrected chi connectivity index (χ0v) is 13.0. The van der Waals surface area contributed by atoms with Crippen molar-refractivity contribution in [2.24, 2.45) is 0 Å². The van der Waals surface area contributed by atoms with Gasteiger partial charge in [-0.15, -0.1) is 0 Å². The zero-order valence-electron chi connectivity index (χ0n) is 12.3. The van der Waals surface area contributed by atoms with Crippen molar-refractivity contribution in [3.05, 3.63) is 40.8 Å². The molecule has 0 atom stereocenters. The molecule has 1 aromatic carbocycles. The molecule has 2 aromatic rings. The Labute approximate surface area is 129 Å². The first-order chi connectivity index (χ1) is 10.1. The maximum Gasteiger partial charge on any atom is 0.161 e. The van der Waals surface area contributed by atoms with Gasteiger partial charge in [0.05, 0.1) is 0 Å². The Bertz CT molecular complexity index is 596. The number of nitrogens with zero attached hydrogens (tertiary/aromatic N) is 2. The summed E-state index contributed by atoms with van der Waals surface area (Å²) in [4.78, 5) is 8.97. The monoisotopic (exact) mass is 307 g/mol. The average molecular weight is 308 g/mol. The first-order valence-corrected chi connectivity index (χ1v) is 7.58. The van der Waals surface area contributed by atoms with Crippen LogP contribution >= 0.6 is 11.6 Å². The van der Waals surface area contributed by atoms with Gasteiger partial charge in [-0.1, -0.05) is 31.9 Å². The standard InChI is InChI=1S/C16H19ClFN3/c1-3-5-14-10-15(19-6-4-2)21-16(20-14)11-7-12(17)9-13(18)8-11/h7-10H,3-6H2,1-2H3,(H,19,20,21). The van der Waals surface area contributed by atoms with Gasteiger partial charge in [-0.2, -0.15) is 0 Å². The van der Waals surface area contributed by atoms with E-state index >= 15 is 0 Å². The molecule has 0 radical (unpaired) electrons. The van der Waals surface area contributed by atoms with Gasteiger partial charge in [0.2, 0.25) is 0 Å². The average Bonchev–Trinajstić information content (AvgIpc) is 2.44. The number of rotatable bonds is 6. The van der Waals surface area contributed by atoms with Gasteiger partial charge >= 0.3 is 0 Å². The van der Waals surface area contributed by atoms with E-state index in [1.54, 1.807) is 6.07 Å². The van der Waals surface area contributed by atoms with Crippen LogP contribution < -0.4 is 5.32 Å². The number of hydrogen-bond donors (Lipinski definition) is 1. The van der Waals surface area contributed by atoms with E-state index in [0.717, 1.165) is 37.3 Å². The fraction of sp³-hybridized carbons (Fsp3) is 0.375. The largest absolute Gasteiger partial charge is 0.370 e. The first-order valence-electron chi connectivity index (χ1n) is 7.20. The number of anilines is 1. The van der Waals surface area contributed by atoms with Crippen molar-refractivity contribution in [1.82, 2.24) is 9.97 Å². The highest BCUT2D eigenvalue weighted by Gasteiger charge is 2.09. The van der Waals surface area contributed by atoms with Crippen molar-refractivity contribution >= 4 is 17.4 Å². The van der Waals surface area contributed by atoms with E-state index < -0.39 is 0 Å². The lowest BCUT2D eigenvalue weighted by molar-refractivity contribution is 0.628. The predicted molar refractivity (Wildman–Crippen MR) is 85.2 cm³/mol. The van der Waals surface area contributed by atoms with Gasteiger partial charge < -0.3 is 5.32 Å². The number of aryl methyl sites for hydroxylation is 1. The van der Waals surface area contributed by atoms with Crippen LogP contribution in [0, 0.1) is 5.82 Å². The van der Waals surface area contributed by atoms with E-state index in [1.165, 1.54) is 12.1 Å². The second-order valence-electron chi connectivity index (χ2n) is 4.90. The highest BCUT2D eigenvalue weighted by molar-refractivity contribution is 6.30. The van der Waals surface area contributed by atoms with Crippen LogP contribution in [0.3, 0.4) is 0 Å². The molecule has 1 aromatic heterocycles. The van der Waals surface area contributed by atoms with Gasteiger partial charge in [0, 0.05) is 28.9 Å². The van der Waals surface area contributed by atoms with Crippen LogP contribution in [0.15, 0.2) is 24.3 Å². The molecule has 0 saturated carbocycles. The van der Waals surface area contributed by atoms with E-state index in [0.29, 0.717) is 16.4 Å². The van der Waals surface area contributed by atoms with Crippen LogP contribution in [0.4, 0.5) is 10.2 Å². The molecule has 0 aliphatic carbocycles. The van der Waals surface area contributed by atoms with Crippen LogP contribution in [-0.2, 0) is 6.42 Å². The van der Waals surface area contributed by atoms with E-state index in [1.807, 2.05) is 6.07 Å². The number of hydrogen-bond acceptors (Lipinski definition) is 3. The van der Waals surface area contributed by atoms with Crippen molar-refractivity contribution in [3.63, 3.8) is 0 Å². The zero-order chi connectivity index (χ0) is 15.2. The van der Waals surface area contributed by atoms with Crippen molar-refractivity contribution in [1.29, 1.82) is 0 Å². The fourth-order valence-corrected chi connectivity index (χ4v) is 2.26. The lowest BCUT2D eigenvalue weighted by Gasteiger charge is -2.09. The molecule has 0 saturated heterocycles. The topological polar surface area (TPSA) is 37.8 Å². The van der Waals surface area contributed by atoms with Crippen LogP contribution in [0.1, 0.15) is 32.4 Å². The van der Waals surface area contributed by atoms with E-state index in [-0.39, 0.29) is 5.82 Å². The molecular formula is C16H19ClFN3. The van der Waals surface area contributed by atoms with Gasteiger partial charge in [-0.05, 0) is 31.0 Å². The third-order valence-corrected chi connectivity index (χ3v) is 3.18. The second-order valence-corrected chi connectivity index (χ2v) is 5.34. The van der Waals surface area contributed by atoms with Gasteiger partial charge in [-0.3, -0.25) is 0 Å². The summed E-state index contributed by atoms with van der Waals surface area (Å²) in [5, 5.41) is 3.60. The molecule has 0 bridgehead atoms. The van der Waals surface area contributed by atoms with E-state index in [4.69, 9.17) is 11.6 Å². The molecule has 0 unspecified atom stereocenters. The van der Waals surface area contributed by atoms with Gasteiger partial charge in [0.25, 0.3) is 0 Å². The summed E-state index contributed by atoms with van der Waals surface area (Å²) in [6.07, 6.45) is 2.86. The highest BCUT2D eigenvalue weighted by Crippen LogP contribution is 2.23. The number of aromatic nitrogens is 2. The molecule has 3 nitrogen and oxygen atoms in total. The van der Waals surface area contributed by atoms with E-state index in [9.17, 15) is 4.39 Å². The molecule has 2 rings (SSSR count). The summed E-state index contributed by atoms with van der Waals surface area (Å²) < 4.78 is 13.5. The third kappa shape index (κ3) is 4.39. The molecule has 0 aliphatic rings. The van der Waals surface area contributed by atoms with Crippen LogP contribution in [-0.4, -0.2) is 16.5 Å². The highest BCUT2D eigenvalue weighted by atomic mass is 35.5. The summed E-state index contributed by atoms with van der Waals surface area (Å²) in [5.41, 5.74) is 1.54. The Kier molecular flexibility index (Phi) is 5.51. The number of halogens is 2. The minimum atomic E-state index is -0.384. The Morgan fingerprint density at radius 3 is 2.57 bits per heavy atom. The number of benzene rings is 1. The summed E-state index contributed by atoms with van der Waals surface area (Å²) in [6, 6.07) is 6.31. The van der Waals surface area contributed by atoms with Crippen LogP contribution in [0.25, 0.3) is 11.4 Å². The van der Waals surface area contributed by atoms with Gasteiger partial charge in [0.15, 0.2) is 5.82 Å². The summed E-state index contributed by atoms with van der Waals surface area (Å²) in [6.45, 7) is 5.03. The molecule has 0 aliphatic heterocycles. The summed E-state index contributed by atoms with van der Waals surface area (Å²) in [7, 11) is 0. The normalized spacial score (nSPS) is 10.7. The minimum absolute atomic E-state index is 0.345. The minimum Gasteiger partial charge on any atom is -0.370 e. The lowest BCUT2D eigenvalue weighted by atomic mass is 10.2. The smallest absolute Gasteiger partial charge is 0.161 e. The molecule has 5 heteroatoms. The Morgan fingerprint density at radius 2 is 1.90 bits per heavy atom. The molecule has 1 heterocycles. The lowest BCUT2D eigenvalue weighted by Crippen LogP contribution is -2.05. The second kappa shape index (κ2) is 7.36. The van der Waals surface area contributed by atoms with Gasteiger partial charge in [-0.25, -0.2) is 14.4 Å². The summed E-state index contributed by atoms with van der Waals surface area (Å²) >= 11 is 5.91. The quantitative estimate of drug-likeness (QED) is 0.839. The maximum absolute atomic E-state index is 13.5. The van der Waals surface area contributed by atoms with E-state index in [2.05, 4.69) is 29.1 Å². The molecule has 0 fully saturated rings. The first kappa shape index (κ1) is 15.7. The molecule has 21 heavy (non-hydrogen) atoms. The summed E-state index contributed by atoms with van der Waals surface area (Å²) in [5.74, 6) is 0.886. The Morgan fingerprint density at radius 1 is 1.10 bits per heavy atom. The Hall–Kier alpha value is -1.68. The maximum atomic E-state index is 13.5. The van der Waals surface area contributed by atoms with Crippen molar-refractivity contribution in [2.45, 2.75) is 33.1 Å². The molecule has 0 amide bonds. The number of nitrogens with one attached hydrogen (secondary N) is 1. The van der Waals surface area contributed by atoms with Crippen LogP contribution in [0.2, 0.25) is 5.02 Å².